The molecule has 0 radical (unpaired) electrons. The number of carbonyl (C=O) groups is 2. The Kier molecular flexibility index (Phi) is 2.85. The fourth-order valence-electron chi connectivity index (χ4n) is 2.83. The van der Waals surface area contributed by atoms with Crippen LogP contribution >= 0.6 is 0 Å². The summed E-state index contributed by atoms with van der Waals surface area (Å²) >= 11 is 0. The summed E-state index contributed by atoms with van der Waals surface area (Å²) in [5.41, 5.74) is 7.24. The van der Waals surface area contributed by atoms with Gasteiger partial charge in [0.25, 0.3) is 0 Å². The van der Waals surface area contributed by atoms with Crippen LogP contribution in [0.5, 0.6) is 0 Å². The lowest BCUT2D eigenvalue weighted by atomic mass is 9.85. The zero-order chi connectivity index (χ0) is 13.4. The highest BCUT2D eigenvalue weighted by Gasteiger charge is 2.46. The molecular formula is C15H16N2O2. The van der Waals surface area contributed by atoms with Crippen molar-refractivity contribution in [2.75, 3.05) is 5.73 Å². The lowest BCUT2D eigenvalue weighted by Gasteiger charge is -2.14. The lowest BCUT2D eigenvalue weighted by molar-refractivity contribution is -0.140. The van der Waals surface area contributed by atoms with E-state index in [1.54, 1.807) is 12.1 Å². The van der Waals surface area contributed by atoms with E-state index >= 15 is 0 Å². The molecule has 3 rings (SSSR count). The molecule has 1 aliphatic heterocycles. The Morgan fingerprint density at radius 1 is 1.00 bits per heavy atom. The van der Waals surface area contributed by atoms with Gasteiger partial charge in [0.15, 0.2) is 0 Å². The van der Waals surface area contributed by atoms with Gasteiger partial charge in [0.05, 0.1) is 18.4 Å². The number of amides is 2. The predicted octanol–water partition coefficient (Wildman–Crippen LogP) is 1.72. The molecule has 2 aliphatic rings. The van der Waals surface area contributed by atoms with Gasteiger partial charge in [-0.15, -0.1) is 0 Å². The molecule has 98 valence electrons. The Balaban J connectivity index is 1.80. The van der Waals surface area contributed by atoms with E-state index in [1.807, 2.05) is 24.3 Å². The van der Waals surface area contributed by atoms with Crippen LogP contribution in [0.1, 0.15) is 18.4 Å². The number of rotatable bonds is 2. The van der Waals surface area contributed by atoms with Crippen molar-refractivity contribution in [3.05, 3.63) is 42.0 Å². The monoisotopic (exact) mass is 256 g/mol. The van der Waals surface area contributed by atoms with Gasteiger partial charge >= 0.3 is 0 Å². The molecule has 4 nitrogen and oxygen atoms in total. The molecule has 1 aromatic rings. The fourth-order valence-corrected chi connectivity index (χ4v) is 2.83. The minimum absolute atomic E-state index is 0.0313. The van der Waals surface area contributed by atoms with E-state index in [0.29, 0.717) is 25.1 Å². The normalized spacial score (nSPS) is 25.8. The maximum absolute atomic E-state index is 12.3. The number of carbonyl (C=O) groups excluding carboxylic acids is 2. The Morgan fingerprint density at radius 2 is 1.53 bits per heavy atom. The number of fused-ring (bicyclic) bond motifs is 1. The smallest absolute Gasteiger partial charge is 0.233 e. The molecule has 19 heavy (non-hydrogen) atoms. The largest absolute Gasteiger partial charge is 0.399 e. The number of imide groups is 1. The number of allylic oxidation sites excluding steroid dienone is 2. The number of nitrogen functional groups attached to an aromatic ring is 1. The van der Waals surface area contributed by atoms with Gasteiger partial charge in [-0.2, -0.15) is 0 Å². The van der Waals surface area contributed by atoms with E-state index in [4.69, 9.17) is 5.73 Å². The number of benzene rings is 1. The summed E-state index contributed by atoms with van der Waals surface area (Å²) in [4.78, 5) is 25.9. The van der Waals surface area contributed by atoms with Crippen LogP contribution in [0.2, 0.25) is 0 Å². The summed E-state index contributed by atoms with van der Waals surface area (Å²) in [5, 5.41) is 0. The van der Waals surface area contributed by atoms with Crippen LogP contribution in [-0.2, 0) is 16.1 Å². The molecule has 1 saturated heterocycles. The average Bonchev–Trinajstić information content (AvgIpc) is 2.67. The van der Waals surface area contributed by atoms with Crippen LogP contribution in [0.3, 0.4) is 0 Å². The van der Waals surface area contributed by atoms with Gasteiger partial charge in [-0.1, -0.05) is 24.3 Å². The van der Waals surface area contributed by atoms with E-state index in [2.05, 4.69) is 0 Å². The molecule has 2 unspecified atom stereocenters. The summed E-state index contributed by atoms with van der Waals surface area (Å²) in [7, 11) is 0. The number of anilines is 1. The number of likely N-dealkylation sites (tertiary alicyclic amines) is 1. The van der Waals surface area contributed by atoms with Crippen molar-refractivity contribution in [3.8, 4) is 0 Å². The van der Waals surface area contributed by atoms with Gasteiger partial charge in [-0.05, 0) is 30.5 Å². The Bertz CT molecular complexity index is 522. The van der Waals surface area contributed by atoms with Crippen LogP contribution < -0.4 is 5.73 Å². The van der Waals surface area contributed by atoms with Crippen LogP contribution in [-0.4, -0.2) is 16.7 Å². The molecule has 2 atom stereocenters. The molecule has 0 saturated carbocycles. The molecular weight excluding hydrogens is 240 g/mol. The van der Waals surface area contributed by atoms with E-state index in [9.17, 15) is 9.59 Å². The third-order valence-corrected chi connectivity index (χ3v) is 3.92. The second-order valence-corrected chi connectivity index (χ2v) is 5.16. The first kappa shape index (κ1) is 12.0. The summed E-state index contributed by atoms with van der Waals surface area (Å²) in [6, 6.07) is 7.29. The molecule has 1 aliphatic carbocycles. The Hall–Kier alpha value is -2.10. The van der Waals surface area contributed by atoms with Crippen molar-refractivity contribution in [3.63, 3.8) is 0 Å². The highest BCUT2D eigenvalue weighted by Crippen LogP contribution is 2.35. The van der Waals surface area contributed by atoms with E-state index in [1.165, 1.54) is 4.90 Å². The van der Waals surface area contributed by atoms with Crippen molar-refractivity contribution < 1.29 is 9.59 Å². The average molecular weight is 256 g/mol. The summed E-state index contributed by atoms with van der Waals surface area (Å²) in [6.07, 6.45) is 5.37. The second kappa shape index (κ2) is 4.53. The van der Waals surface area contributed by atoms with Gasteiger partial charge in [-0.25, -0.2) is 0 Å². The van der Waals surface area contributed by atoms with Crippen molar-refractivity contribution >= 4 is 17.5 Å². The fraction of sp³-hybridized carbons (Fsp3) is 0.333. The van der Waals surface area contributed by atoms with Crippen molar-refractivity contribution in [1.82, 2.24) is 4.90 Å². The van der Waals surface area contributed by atoms with Gasteiger partial charge in [0, 0.05) is 5.69 Å². The molecule has 4 heteroatoms. The first-order valence-electron chi connectivity index (χ1n) is 6.51. The maximum atomic E-state index is 12.3. The first-order valence-corrected chi connectivity index (χ1v) is 6.51. The number of nitrogens with two attached hydrogens (primary N) is 1. The summed E-state index contributed by atoms with van der Waals surface area (Å²) in [5.74, 6) is -0.357. The third kappa shape index (κ3) is 2.03. The summed E-state index contributed by atoms with van der Waals surface area (Å²) in [6.45, 7) is 0.352. The number of hydrogen-bond donors (Lipinski definition) is 1. The van der Waals surface area contributed by atoms with Gasteiger partial charge in [0.1, 0.15) is 0 Å². The van der Waals surface area contributed by atoms with Gasteiger partial charge in [0.2, 0.25) is 11.8 Å². The quantitative estimate of drug-likeness (QED) is 0.498. The number of hydrogen-bond acceptors (Lipinski definition) is 3. The Morgan fingerprint density at radius 3 is 2.05 bits per heavy atom. The third-order valence-electron chi connectivity index (χ3n) is 3.92. The van der Waals surface area contributed by atoms with Crippen molar-refractivity contribution in [2.45, 2.75) is 19.4 Å². The lowest BCUT2D eigenvalue weighted by Crippen LogP contribution is -2.30. The first-order chi connectivity index (χ1) is 9.16. The van der Waals surface area contributed by atoms with Gasteiger partial charge in [-0.3, -0.25) is 14.5 Å². The topological polar surface area (TPSA) is 63.4 Å². The van der Waals surface area contributed by atoms with E-state index < -0.39 is 0 Å². The molecule has 2 amide bonds. The second-order valence-electron chi connectivity index (χ2n) is 5.16. The summed E-state index contributed by atoms with van der Waals surface area (Å²) < 4.78 is 0. The van der Waals surface area contributed by atoms with Crippen LogP contribution in [0.15, 0.2) is 36.4 Å². The van der Waals surface area contributed by atoms with Crippen molar-refractivity contribution in [2.24, 2.45) is 11.8 Å². The van der Waals surface area contributed by atoms with E-state index in [-0.39, 0.29) is 23.7 Å². The zero-order valence-electron chi connectivity index (χ0n) is 10.6. The molecule has 1 heterocycles. The highest BCUT2D eigenvalue weighted by atomic mass is 16.2. The minimum atomic E-state index is -0.147. The van der Waals surface area contributed by atoms with Crippen LogP contribution in [0.25, 0.3) is 0 Å². The number of nitrogens with zero attached hydrogens (tertiary/aromatic N) is 1. The van der Waals surface area contributed by atoms with Gasteiger partial charge < -0.3 is 5.73 Å². The predicted molar refractivity (Wildman–Crippen MR) is 71.8 cm³/mol. The molecule has 0 bridgehead atoms. The zero-order valence-corrected chi connectivity index (χ0v) is 10.6. The molecule has 1 aromatic carbocycles. The minimum Gasteiger partial charge on any atom is -0.399 e. The maximum Gasteiger partial charge on any atom is 0.233 e. The highest BCUT2D eigenvalue weighted by molar-refractivity contribution is 6.05. The Labute approximate surface area is 111 Å². The van der Waals surface area contributed by atoms with E-state index in [0.717, 1.165) is 5.56 Å². The standard InChI is InChI=1S/C15H16N2O2/c16-11-7-5-10(6-8-11)9-17-14(18)12-3-1-2-4-13(12)15(17)19/h1-2,5-8,12-13H,3-4,9,16H2. The molecule has 0 spiro atoms. The van der Waals surface area contributed by atoms with Crippen molar-refractivity contribution in [1.29, 1.82) is 0 Å². The van der Waals surface area contributed by atoms with Crippen LogP contribution in [0.4, 0.5) is 5.69 Å². The molecule has 1 fully saturated rings. The SMILES string of the molecule is Nc1ccc(CN2C(=O)C3CC=CCC3C2=O)cc1. The van der Waals surface area contributed by atoms with Crippen LogP contribution in [0, 0.1) is 11.8 Å². The molecule has 2 N–H and O–H groups in total. The molecule has 0 aromatic heterocycles.